The number of aromatic nitrogens is 3. The molecule has 0 saturated carbocycles. The van der Waals surface area contributed by atoms with E-state index in [0.29, 0.717) is 4.60 Å². The highest BCUT2D eigenvalue weighted by atomic mass is 79.9. The van der Waals surface area contributed by atoms with Crippen molar-refractivity contribution in [3.8, 4) is 0 Å². The molecule has 1 aromatic carbocycles. The highest BCUT2D eigenvalue weighted by Gasteiger charge is 2.24. The fraction of sp³-hybridized carbons (Fsp3) is 0.167. The van der Waals surface area contributed by atoms with Gasteiger partial charge in [0.25, 0.3) is 0 Å². The zero-order valence-electron chi connectivity index (χ0n) is 10.2. The van der Waals surface area contributed by atoms with E-state index in [9.17, 15) is 0 Å². The highest BCUT2D eigenvalue weighted by molar-refractivity contribution is 9.10. The second-order valence-electron chi connectivity index (χ2n) is 4.18. The van der Waals surface area contributed by atoms with E-state index in [1.54, 1.807) is 11.7 Å². The van der Waals surface area contributed by atoms with Crippen molar-refractivity contribution in [2.45, 2.75) is 6.04 Å². The van der Waals surface area contributed by atoms with E-state index in [0.717, 1.165) is 22.4 Å². The zero-order chi connectivity index (χ0) is 13.4. The average Bonchev–Trinajstić information content (AvgIpc) is 2.97. The maximum atomic E-state index is 5.82. The van der Waals surface area contributed by atoms with E-state index < -0.39 is 0 Å². The molecule has 7 heteroatoms. The zero-order valence-corrected chi connectivity index (χ0v) is 11.8. The molecule has 98 valence electrons. The first-order valence-corrected chi connectivity index (χ1v) is 6.49. The maximum Gasteiger partial charge on any atom is 0.153 e. The summed E-state index contributed by atoms with van der Waals surface area (Å²) in [4.78, 5) is 0. The lowest BCUT2D eigenvalue weighted by atomic mass is 10.1. The SMILES string of the molecule is Cn1nnc(Br)c1C(NN)c1cc2ccccc2o1. The second-order valence-corrected chi connectivity index (χ2v) is 4.93. The summed E-state index contributed by atoms with van der Waals surface area (Å²) in [6.45, 7) is 0. The van der Waals surface area contributed by atoms with Crippen molar-refractivity contribution in [1.29, 1.82) is 0 Å². The number of nitrogens with two attached hydrogens (primary N) is 1. The van der Waals surface area contributed by atoms with Gasteiger partial charge in [-0.1, -0.05) is 23.4 Å². The molecule has 1 atom stereocenters. The third-order valence-corrected chi connectivity index (χ3v) is 3.56. The molecule has 0 spiro atoms. The van der Waals surface area contributed by atoms with Crippen LogP contribution in [0.25, 0.3) is 11.0 Å². The first kappa shape index (κ1) is 12.3. The molecule has 0 aliphatic carbocycles. The summed E-state index contributed by atoms with van der Waals surface area (Å²) in [6, 6.07) is 9.45. The van der Waals surface area contributed by atoms with Crippen LogP contribution in [0, 0.1) is 0 Å². The minimum Gasteiger partial charge on any atom is -0.459 e. The van der Waals surface area contributed by atoms with Crippen LogP contribution >= 0.6 is 15.9 Å². The van der Waals surface area contributed by atoms with Crippen molar-refractivity contribution in [2.24, 2.45) is 12.9 Å². The summed E-state index contributed by atoms with van der Waals surface area (Å²) in [7, 11) is 1.81. The smallest absolute Gasteiger partial charge is 0.153 e. The molecule has 2 aromatic heterocycles. The Morgan fingerprint density at radius 2 is 2.21 bits per heavy atom. The van der Waals surface area contributed by atoms with Crippen molar-refractivity contribution < 1.29 is 4.42 Å². The number of hydrogen-bond donors (Lipinski definition) is 2. The van der Waals surface area contributed by atoms with Gasteiger partial charge < -0.3 is 4.42 Å². The van der Waals surface area contributed by atoms with Crippen LogP contribution in [0.1, 0.15) is 17.5 Å². The summed E-state index contributed by atoms with van der Waals surface area (Å²) < 4.78 is 8.11. The van der Waals surface area contributed by atoms with Gasteiger partial charge in [-0.15, -0.1) is 5.10 Å². The first-order chi connectivity index (χ1) is 9.20. The van der Waals surface area contributed by atoms with Crippen LogP contribution in [0.2, 0.25) is 0 Å². The summed E-state index contributed by atoms with van der Waals surface area (Å²) in [6.07, 6.45) is 0. The van der Waals surface area contributed by atoms with E-state index in [-0.39, 0.29) is 6.04 Å². The van der Waals surface area contributed by atoms with Gasteiger partial charge in [-0.05, 0) is 28.1 Å². The molecule has 0 saturated heterocycles. The van der Waals surface area contributed by atoms with Gasteiger partial charge in [0.1, 0.15) is 17.4 Å². The van der Waals surface area contributed by atoms with Crippen molar-refractivity contribution in [3.05, 3.63) is 46.4 Å². The molecule has 2 heterocycles. The Morgan fingerprint density at radius 3 is 2.84 bits per heavy atom. The largest absolute Gasteiger partial charge is 0.459 e. The summed E-state index contributed by atoms with van der Waals surface area (Å²) in [5.41, 5.74) is 4.37. The van der Waals surface area contributed by atoms with Crippen LogP contribution in [-0.2, 0) is 7.05 Å². The Balaban J connectivity index is 2.12. The Kier molecular flexibility index (Phi) is 3.09. The molecule has 0 fully saturated rings. The molecule has 19 heavy (non-hydrogen) atoms. The van der Waals surface area contributed by atoms with Crippen LogP contribution in [0.15, 0.2) is 39.4 Å². The fourth-order valence-electron chi connectivity index (χ4n) is 2.09. The predicted molar refractivity (Wildman–Crippen MR) is 74.1 cm³/mol. The molecule has 3 N–H and O–H groups in total. The molecule has 0 aliphatic heterocycles. The molecule has 0 bridgehead atoms. The lowest BCUT2D eigenvalue weighted by molar-refractivity contribution is 0.457. The fourth-order valence-corrected chi connectivity index (χ4v) is 2.64. The molecule has 3 rings (SSSR count). The standard InChI is InChI=1S/C12H12BrN5O/c1-18-11(12(13)16-17-18)10(15-14)9-6-7-4-2-3-5-8(7)19-9/h2-6,10,15H,14H2,1H3. The number of rotatable bonds is 3. The maximum absolute atomic E-state index is 5.82. The normalized spacial score (nSPS) is 13.0. The number of benzene rings is 1. The Hall–Kier alpha value is -1.70. The van der Waals surface area contributed by atoms with E-state index in [4.69, 9.17) is 10.3 Å². The Bertz CT molecular complexity index is 667. The molecule has 3 aromatic rings. The second kappa shape index (κ2) is 4.76. The number of para-hydroxylation sites is 1. The molecule has 0 amide bonds. The lowest BCUT2D eigenvalue weighted by Gasteiger charge is -2.13. The van der Waals surface area contributed by atoms with Crippen LogP contribution < -0.4 is 11.3 Å². The molecule has 1 unspecified atom stereocenters. The van der Waals surface area contributed by atoms with Gasteiger partial charge in [0, 0.05) is 12.4 Å². The van der Waals surface area contributed by atoms with Gasteiger partial charge in [-0.3, -0.25) is 5.84 Å². The van der Waals surface area contributed by atoms with E-state index in [1.807, 2.05) is 30.3 Å². The minimum atomic E-state index is -0.318. The number of hydrazine groups is 1. The number of nitrogens with one attached hydrogen (secondary N) is 1. The van der Waals surface area contributed by atoms with E-state index in [1.165, 1.54) is 0 Å². The Labute approximate surface area is 117 Å². The molecule has 0 aliphatic rings. The number of aryl methyl sites for hydroxylation is 1. The van der Waals surface area contributed by atoms with Gasteiger partial charge in [-0.2, -0.15) is 0 Å². The Morgan fingerprint density at radius 1 is 1.42 bits per heavy atom. The van der Waals surface area contributed by atoms with Gasteiger partial charge in [0.2, 0.25) is 0 Å². The van der Waals surface area contributed by atoms with E-state index >= 15 is 0 Å². The number of hydrogen-bond acceptors (Lipinski definition) is 5. The number of halogens is 1. The predicted octanol–water partition coefficient (Wildman–Crippen LogP) is 1.88. The van der Waals surface area contributed by atoms with Gasteiger partial charge in [0.05, 0.1) is 5.69 Å². The first-order valence-electron chi connectivity index (χ1n) is 5.70. The van der Waals surface area contributed by atoms with Crippen molar-refractivity contribution in [1.82, 2.24) is 20.4 Å². The van der Waals surface area contributed by atoms with Crippen LogP contribution in [-0.4, -0.2) is 15.0 Å². The summed E-state index contributed by atoms with van der Waals surface area (Å²) in [5, 5.41) is 8.94. The molecule has 0 radical (unpaired) electrons. The number of furan rings is 1. The minimum absolute atomic E-state index is 0.318. The third-order valence-electron chi connectivity index (χ3n) is 3.00. The quantitative estimate of drug-likeness (QED) is 0.568. The van der Waals surface area contributed by atoms with Crippen LogP contribution in [0.5, 0.6) is 0 Å². The van der Waals surface area contributed by atoms with Crippen molar-refractivity contribution in [2.75, 3.05) is 0 Å². The van der Waals surface area contributed by atoms with E-state index in [2.05, 4.69) is 31.7 Å². The molecular weight excluding hydrogens is 310 g/mol. The number of fused-ring (bicyclic) bond motifs is 1. The van der Waals surface area contributed by atoms with Crippen molar-refractivity contribution in [3.63, 3.8) is 0 Å². The molecule has 6 nitrogen and oxygen atoms in total. The summed E-state index contributed by atoms with van der Waals surface area (Å²) in [5.74, 6) is 6.37. The highest BCUT2D eigenvalue weighted by Crippen LogP contribution is 2.30. The third kappa shape index (κ3) is 2.05. The average molecular weight is 322 g/mol. The van der Waals surface area contributed by atoms with Crippen LogP contribution in [0.3, 0.4) is 0 Å². The summed E-state index contributed by atoms with van der Waals surface area (Å²) >= 11 is 3.37. The van der Waals surface area contributed by atoms with Crippen molar-refractivity contribution >= 4 is 26.9 Å². The van der Waals surface area contributed by atoms with Gasteiger partial charge in [-0.25, -0.2) is 10.1 Å². The number of nitrogens with zero attached hydrogens (tertiary/aromatic N) is 3. The lowest BCUT2D eigenvalue weighted by Crippen LogP contribution is -2.30. The topological polar surface area (TPSA) is 81.9 Å². The van der Waals surface area contributed by atoms with Crippen LogP contribution in [0.4, 0.5) is 0 Å². The van der Waals surface area contributed by atoms with Gasteiger partial charge >= 0.3 is 0 Å². The molecular formula is C12H12BrN5O. The van der Waals surface area contributed by atoms with Gasteiger partial charge in [0.15, 0.2) is 4.60 Å². The monoisotopic (exact) mass is 321 g/mol.